The van der Waals surface area contributed by atoms with Gasteiger partial charge >= 0.3 is 6.09 Å². The normalized spacial score (nSPS) is 11.8. The van der Waals surface area contributed by atoms with Gasteiger partial charge in [-0.2, -0.15) is 5.26 Å². The molecule has 0 saturated carbocycles. The van der Waals surface area contributed by atoms with Gasteiger partial charge in [0.25, 0.3) is 0 Å². The molecule has 2 amide bonds. The zero-order valence-corrected chi connectivity index (χ0v) is 16.5. The molecule has 0 aromatic heterocycles. The molecule has 0 aliphatic heterocycles. The van der Waals surface area contributed by atoms with Crippen molar-refractivity contribution in [2.75, 3.05) is 14.1 Å². The first-order valence-electron chi connectivity index (χ1n) is 8.31. The number of benzene rings is 1. The third-order valence-electron chi connectivity index (χ3n) is 3.51. The number of nitrogens with zero attached hydrogens (tertiary/aromatic N) is 2. The Morgan fingerprint density at radius 2 is 1.81 bits per heavy atom. The summed E-state index contributed by atoms with van der Waals surface area (Å²) in [5, 5.41) is 12.3. The van der Waals surface area contributed by atoms with Crippen LogP contribution in [0, 0.1) is 11.3 Å². The van der Waals surface area contributed by atoms with Crippen LogP contribution in [-0.2, 0) is 15.1 Å². The summed E-state index contributed by atoms with van der Waals surface area (Å²) in [5.41, 5.74) is 0.419. The highest BCUT2D eigenvalue weighted by molar-refractivity contribution is 5.91. The maximum absolute atomic E-state index is 12.1. The van der Waals surface area contributed by atoms with Gasteiger partial charge in [-0.15, -0.1) is 0 Å². The van der Waals surface area contributed by atoms with Crippen molar-refractivity contribution in [1.29, 1.82) is 5.26 Å². The van der Waals surface area contributed by atoms with Crippen molar-refractivity contribution in [2.24, 2.45) is 0 Å². The molecule has 0 saturated heterocycles. The van der Waals surface area contributed by atoms with Gasteiger partial charge in [0.05, 0.1) is 17.2 Å². The molecule has 1 rings (SSSR count). The maximum atomic E-state index is 12.1. The fourth-order valence-corrected chi connectivity index (χ4v) is 2.25. The molecule has 0 bridgehead atoms. The Bertz CT molecular complexity index is 751. The van der Waals surface area contributed by atoms with Crippen LogP contribution in [0.5, 0.6) is 0 Å². The summed E-state index contributed by atoms with van der Waals surface area (Å²) in [7, 11) is 3.34. The monoisotopic (exact) mass is 357 g/mol. The molecular weight excluding hydrogens is 330 g/mol. The molecule has 140 valence electrons. The van der Waals surface area contributed by atoms with Gasteiger partial charge in [0.15, 0.2) is 0 Å². The second-order valence-corrected chi connectivity index (χ2v) is 7.73. The van der Waals surface area contributed by atoms with Crippen LogP contribution in [0.1, 0.15) is 51.3 Å². The molecule has 1 aromatic rings. The molecule has 26 heavy (non-hydrogen) atoms. The first-order valence-corrected chi connectivity index (χ1v) is 8.31. The predicted molar refractivity (Wildman–Crippen MR) is 101 cm³/mol. The predicted octanol–water partition coefficient (Wildman–Crippen LogP) is 3.42. The first-order chi connectivity index (χ1) is 11.9. The van der Waals surface area contributed by atoms with Gasteiger partial charge in [-0.3, -0.25) is 4.79 Å². The lowest BCUT2D eigenvalue weighted by molar-refractivity contribution is -0.123. The van der Waals surface area contributed by atoms with Crippen molar-refractivity contribution < 1.29 is 14.3 Å². The minimum absolute atomic E-state index is 0.139. The molecule has 0 spiro atoms. The number of nitriles is 1. The molecule has 0 radical (unpaired) electrons. The second-order valence-electron chi connectivity index (χ2n) is 7.73. The molecular formula is C20H27N3O3. The lowest BCUT2D eigenvalue weighted by Gasteiger charge is -2.29. The molecule has 1 aromatic carbocycles. The van der Waals surface area contributed by atoms with Crippen LogP contribution in [0.15, 0.2) is 24.3 Å². The highest BCUT2D eigenvalue weighted by Gasteiger charge is 2.28. The van der Waals surface area contributed by atoms with Crippen molar-refractivity contribution in [3.8, 4) is 6.07 Å². The molecule has 6 nitrogen and oxygen atoms in total. The average molecular weight is 357 g/mol. The third kappa shape index (κ3) is 6.25. The van der Waals surface area contributed by atoms with E-state index in [0.717, 1.165) is 5.56 Å². The van der Waals surface area contributed by atoms with E-state index in [1.165, 1.54) is 11.0 Å². The Labute approximate surface area is 155 Å². The standard InChI is InChI=1S/C20H27N3O3/c1-19(2,3)26-18(25)22-20(4,5)16-10-8-14(12-15(16)13-21)9-11-17(24)23(6)7/h8-12H,1-7H3,(H,22,25). The number of hydrogen-bond donors (Lipinski definition) is 1. The van der Waals surface area contributed by atoms with E-state index in [0.29, 0.717) is 11.1 Å². The Kier molecular flexibility index (Phi) is 6.57. The molecule has 0 aliphatic carbocycles. The molecule has 1 N–H and O–H groups in total. The van der Waals surface area contributed by atoms with Crippen LogP contribution in [-0.4, -0.2) is 36.6 Å². The number of ether oxygens (including phenoxy) is 1. The zero-order chi connectivity index (χ0) is 20.1. The number of carbonyl (C=O) groups excluding carboxylic acids is 2. The average Bonchev–Trinajstić information content (AvgIpc) is 2.49. The fraction of sp³-hybridized carbons (Fsp3) is 0.450. The van der Waals surface area contributed by atoms with Crippen molar-refractivity contribution in [1.82, 2.24) is 10.2 Å². The number of likely N-dealkylation sites (N-methyl/N-ethyl adjacent to an activating group) is 1. The van der Waals surface area contributed by atoms with Crippen molar-refractivity contribution in [3.05, 3.63) is 41.0 Å². The van der Waals surface area contributed by atoms with E-state index < -0.39 is 17.2 Å². The number of rotatable bonds is 4. The van der Waals surface area contributed by atoms with E-state index in [1.54, 1.807) is 73.0 Å². The van der Waals surface area contributed by atoms with Crippen LogP contribution >= 0.6 is 0 Å². The van der Waals surface area contributed by atoms with Gasteiger partial charge < -0.3 is 15.0 Å². The van der Waals surface area contributed by atoms with Crippen LogP contribution < -0.4 is 5.32 Å². The van der Waals surface area contributed by atoms with Crippen LogP contribution in [0.2, 0.25) is 0 Å². The van der Waals surface area contributed by atoms with E-state index in [-0.39, 0.29) is 5.91 Å². The Balaban J connectivity index is 3.07. The van der Waals surface area contributed by atoms with Gasteiger partial charge in [-0.05, 0) is 57.9 Å². The quantitative estimate of drug-likeness (QED) is 0.837. The van der Waals surface area contributed by atoms with Gasteiger partial charge in [-0.1, -0.05) is 12.1 Å². The maximum Gasteiger partial charge on any atom is 0.408 e. The van der Waals surface area contributed by atoms with Crippen molar-refractivity contribution in [2.45, 2.75) is 45.8 Å². The number of hydrogen-bond acceptors (Lipinski definition) is 4. The minimum atomic E-state index is -0.797. The lowest BCUT2D eigenvalue weighted by Crippen LogP contribution is -2.44. The van der Waals surface area contributed by atoms with E-state index >= 15 is 0 Å². The van der Waals surface area contributed by atoms with E-state index in [9.17, 15) is 14.9 Å². The topological polar surface area (TPSA) is 82.4 Å². The summed E-state index contributed by atoms with van der Waals surface area (Å²) in [6.45, 7) is 8.97. The third-order valence-corrected chi connectivity index (χ3v) is 3.51. The van der Waals surface area contributed by atoms with Crippen LogP contribution in [0.4, 0.5) is 4.79 Å². The minimum Gasteiger partial charge on any atom is -0.444 e. The van der Waals surface area contributed by atoms with Gasteiger partial charge in [0.2, 0.25) is 5.91 Å². The molecule has 0 unspecified atom stereocenters. The van der Waals surface area contributed by atoms with Gasteiger partial charge in [-0.25, -0.2) is 4.79 Å². The van der Waals surface area contributed by atoms with E-state index in [2.05, 4.69) is 11.4 Å². The Morgan fingerprint density at radius 1 is 1.19 bits per heavy atom. The molecule has 0 aliphatic rings. The molecule has 6 heteroatoms. The summed E-state index contributed by atoms with van der Waals surface area (Å²) in [4.78, 5) is 25.2. The molecule has 0 atom stereocenters. The van der Waals surface area contributed by atoms with Gasteiger partial charge in [0.1, 0.15) is 5.60 Å². The highest BCUT2D eigenvalue weighted by atomic mass is 16.6. The number of nitrogens with one attached hydrogen (secondary N) is 1. The summed E-state index contributed by atoms with van der Waals surface area (Å²) in [6, 6.07) is 7.41. The van der Waals surface area contributed by atoms with Crippen LogP contribution in [0.3, 0.4) is 0 Å². The van der Waals surface area contributed by atoms with E-state index in [1.807, 2.05) is 0 Å². The van der Waals surface area contributed by atoms with Crippen molar-refractivity contribution in [3.63, 3.8) is 0 Å². The first kappa shape index (κ1) is 21.2. The Morgan fingerprint density at radius 3 is 2.31 bits per heavy atom. The number of alkyl carbamates (subject to hydrolysis) is 1. The Hall–Kier alpha value is -2.81. The SMILES string of the molecule is CN(C)C(=O)C=Cc1ccc(C(C)(C)NC(=O)OC(C)(C)C)c(C#N)c1. The van der Waals surface area contributed by atoms with Crippen LogP contribution in [0.25, 0.3) is 6.08 Å². The summed E-state index contributed by atoms with van der Waals surface area (Å²) in [6.07, 6.45) is 2.55. The lowest BCUT2D eigenvalue weighted by atomic mass is 9.89. The summed E-state index contributed by atoms with van der Waals surface area (Å²) >= 11 is 0. The van der Waals surface area contributed by atoms with E-state index in [4.69, 9.17) is 4.74 Å². The summed E-state index contributed by atoms with van der Waals surface area (Å²) < 4.78 is 5.29. The summed E-state index contributed by atoms with van der Waals surface area (Å²) in [5.74, 6) is -0.139. The largest absolute Gasteiger partial charge is 0.444 e. The second kappa shape index (κ2) is 8.05. The molecule has 0 fully saturated rings. The van der Waals surface area contributed by atoms with Crippen molar-refractivity contribution >= 4 is 18.1 Å². The number of carbonyl (C=O) groups is 2. The van der Waals surface area contributed by atoms with Gasteiger partial charge in [0, 0.05) is 20.2 Å². The smallest absolute Gasteiger partial charge is 0.408 e. The number of amides is 2. The zero-order valence-electron chi connectivity index (χ0n) is 16.5. The fourth-order valence-electron chi connectivity index (χ4n) is 2.25. The highest BCUT2D eigenvalue weighted by Crippen LogP contribution is 2.26. The molecule has 0 heterocycles.